The van der Waals surface area contributed by atoms with Crippen LogP contribution in [-0.4, -0.2) is 23.3 Å². The third kappa shape index (κ3) is 2.63. The van der Waals surface area contributed by atoms with Crippen molar-refractivity contribution in [2.45, 2.75) is 11.5 Å². The number of hydrogen-bond acceptors (Lipinski definition) is 2. The number of allylic oxidation sites excluding steroid dienone is 2. The molecule has 19 heavy (non-hydrogen) atoms. The van der Waals surface area contributed by atoms with Gasteiger partial charge in [-0.25, -0.2) is 9.18 Å². The third-order valence-electron chi connectivity index (χ3n) is 2.93. The van der Waals surface area contributed by atoms with Crippen LogP contribution >= 0.6 is 11.6 Å². The van der Waals surface area contributed by atoms with E-state index in [4.69, 9.17) is 21.4 Å². The summed E-state index contributed by atoms with van der Waals surface area (Å²) in [6.45, 7) is 0. The van der Waals surface area contributed by atoms with Gasteiger partial charge in [0, 0.05) is 12.0 Å². The second-order valence-electron chi connectivity index (χ2n) is 4.16. The van der Waals surface area contributed by atoms with Gasteiger partial charge < -0.3 is 9.84 Å². The molecule has 0 saturated heterocycles. The first-order valence-corrected chi connectivity index (χ1v) is 5.99. The highest BCUT2D eigenvalue weighted by atomic mass is 35.5. The van der Waals surface area contributed by atoms with Gasteiger partial charge in [0.15, 0.2) is 0 Å². The lowest BCUT2D eigenvalue weighted by molar-refractivity contribution is -0.133. The summed E-state index contributed by atoms with van der Waals surface area (Å²) in [5.41, 5.74) is 0.635. The molecule has 1 aliphatic carbocycles. The molecular formula is C14H12ClFO3. The number of ether oxygens (including phenoxy) is 1. The van der Waals surface area contributed by atoms with E-state index in [1.807, 2.05) is 0 Å². The summed E-state index contributed by atoms with van der Waals surface area (Å²) >= 11 is 5.85. The Labute approximate surface area is 115 Å². The number of alkyl halides is 2. The molecule has 0 heterocycles. The molecule has 0 aliphatic heterocycles. The first-order valence-electron chi connectivity index (χ1n) is 5.61. The number of rotatable bonds is 3. The standard InChI is InChI=1S/C14H12ClFO3/c1-19-12-7-11(9-5-3-2-4-6-9)14(15,16)8-10(12)13(17)18/h2-7H,8H2,1H3,(H,17,18). The van der Waals surface area contributed by atoms with Crippen LogP contribution in [0.1, 0.15) is 12.0 Å². The van der Waals surface area contributed by atoms with E-state index in [-0.39, 0.29) is 16.9 Å². The predicted octanol–water partition coefficient (Wildman–Crippen LogP) is 3.36. The summed E-state index contributed by atoms with van der Waals surface area (Å²) in [4.78, 5) is 11.1. The van der Waals surface area contributed by atoms with Gasteiger partial charge in [-0.05, 0) is 11.6 Å². The smallest absolute Gasteiger partial charge is 0.335 e. The number of aliphatic carboxylic acids is 1. The van der Waals surface area contributed by atoms with Crippen LogP contribution < -0.4 is 0 Å². The molecule has 3 nitrogen and oxygen atoms in total. The molecule has 0 fully saturated rings. The Kier molecular flexibility index (Phi) is 3.62. The van der Waals surface area contributed by atoms with Gasteiger partial charge in [-0.15, -0.1) is 0 Å². The number of benzene rings is 1. The molecule has 1 aliphatic rings. The molecule has 2 rings (SSSR count). The van der Waals surface area contributed by atoms with Gasteiger partial charge in [-0.3, -0.25) is 0 Å². The number of methoxy groups -OCH3 is 1. The molecule has 1 atom stereocenters. The zero-order valence-electron chi connectivity index (χ0n) is 10.2. The van der Waals surface area contributed by atoms with Crippen LogP contribution in [0, 0.1) is 0 Å². The number of carboxylic acid groups (broad SMARTS) is 1. The minimum Gasteiger partial charge on any atom is -0.496 e. The second-order valence-corrected chi connectivity index (χ2v) is 4.76. The van der Waals surface area contributed by atoms with Crippen molar-refractivity contribution in [3.63, 3.8) is 0 Å². The highest BCUT2D eigenvalue weighted by Crippen LogP contribution is 2.44. The van der Waals surface area contributed by atoms with E-state index < -0.39 is 17.5 Å². The van der Waals surface area contributed by atoms with Gasteiger partial charge in [-0.1, -0.05) is 41.9 Å². The zero-order valence-corrected chi connectivity index (χ0v) is 10.9. The molecule has 1 aromatic carbocycles. The summed E-state index contributed by atoms with van der Waals surface area (Å²) in [7, 11) is 1.34. The average Bonchev–Trinajstić information content (AvgIpc) is 2.38. The van der Waals surface area contributed by atoms with E-state index in [1.54, 1.807) is 30.3 Å². The van der Waals surface area contributed by atoms with Crippen LogP contribution in [0.5, 0.6) is 0 Å². The highest BCUT2D eigenvalue weighted by molar-refractivity contribution is 6.30. The lowest BCUT2D eigenvalue weighted by Crippen LogP contribution is -2.25. The van der Waals surface area contributed by atoms with E-state index in [1.165, 1.54) is 13.2 Å². The van der Waals surface area contributed by atoms with E-state index >= 15 is 0 Å². The van der Waals surface area contributed by atoms with Gasteiger partial charge in [0.25, 0.3) is 0 Å². The number of halogens is 2. The summed E-state index contributed by atoms with van der Waals surface area (Å²) in [6, 6.07) is 8.73. The molecule has 100 valence electrons. The van der Waals surface area contributed by atoms with Crippen molar-refractivity contribution in [2.75, 3.05) is 7.11 Å². The summed E-state index contributed by atoms with van der Waals surface area (Å²) < 4.78 is 19.5. The summed E-state index contributed by atoms with van der Waals surface area (Å²) in [6.07, 6.45) is 0.906. The van der Waals surface area contributed by atoms with Gasteiger partial charge >= 0.3 is 5.97 Å². The first kappa shape index (κ1) is 13.6. The Morgan fingerprint density at radius 3 is 2.58 bits per heavy atom. The first-order chi connectivity index (χ1) is 8.95. The minimum absolute atomic E-state index is 0.125. The Balaban J connectivity index is 2.56. The summed E-state index contributed by atoms with van der Waals surface area (Å²) in [5, 5.41) is 6.78. The molecule has 0 spiro atoms. The van der Waals surface area contributed by atoms with Crippen LogP contribution in [0.4, 0.5) is 4.39 Å². The minimum atomic E-state index is -2.25. The van der Waals surface area contributed by atoms with Gasteiger partial charge in [-0.2, -0.15) is 0 Å². The molecular weight excluding hydrogens is 271 g/mol. The van der Waals surface area contributed by atoms with Gasteiger partial charge in [0.2, 0.25) is 5.13 Å². The monoisotopic (exact) mass is 282 g/mol. The van der Waals surface area contributed by atoms with Crippen LogP contribution in [0.3, 0.4) is 0 Å². The maximum atomic E-state index is 14.5. The number of carbonyl (C=O) groups is 1. The quantitative estimate of drug-likeness (QED) is 0.865. The van der Waals surface area contributed by atoms with Crippen molar-refractivity contribution < 1.29 is 19.0 Å². The third-order valence-corrected chi connectivity index (χ3v) is 3.27. The molecule has 1 N–H and O–H groups in total. The van der Waals surface area contributed by atoms with E-state index in [0.29, 0.717) is 5.56 Å². The highest BCUT2D eigenvalue weighted by Gasteiger charge is 2.40. The normalized spacial score (nSPS) is 23.0. The fourth-order valence-corrected chi connectivity index (χ4v) is 2.30. The Morgan fingerprint density at radius 1 is 1.42 bits per heavy atom. The molecule has 0 radical (unpaired) electrons. The number of hydrogen-bond donors (Lipinski definition) is 1. The maximum absolute atomic E-state index is 14.5. The van der Waals surface area contributed by atoms with E-state index in [2.05, 4.69) is 0 Å². The summed E-state index contributed by atoms with van der Waals surface area (Å²) in [5.74, 6) is -1.11. The van der Waals surface area contributed by atoms with Crippen molar-refractivity contribution in [1.29, 1.82) is 0 Å². The SMILES string of the molecule is COC1=C(C(=O)O)CC(F)(Cl)C(c2ccccc2)=C1. The molecule has 0 bridgehead atoms. The van der Waals surface area contributed by atoms with E-state index in [9.17, 15) is 9.18 Å². The Hall–Kier alpha value is -1.81. The maximum Gasteiger partial charge on any atom is 0.335 e. The Bertz CT molecular complexity index is 561. The average molecular weight is 283 g/mol. The molecule has 0 amide bonds. The van der Waals surface area contributed by atoms with E-state index in [0.717, 1.165) is 0 Å². The molecule has 0 aromatic heterocycles. The van der Waals surface area contributed by atoms with Gasteiger partial charge in [0.05, 0.1) is 12.7 Å². The Morgan fingerprint density at radius 2 is 2.05 bits per heavy atom. The lowest BCUT2D eigenvalue weighted by Gasteiger charge is -2.27. The lowest BCUT2D eigenvalue weighted by atomic mass is 9.90. The molecule has 5 heteroatoms. The van der Waals surface area contributed by atoms with Crippen molar-refractivity contribution in [3.8, 4) is 0 Å². The fraction of sp³-hybridized carbons (Fsp3) is 0.214. The second kappa shape index (κ2) is 5.05. The topological polar surface area (TPSA) is 46.5 Å². The van der Waals surface area contributed by atoms with Crippen LogP contribution in [-0.2, 0) is 9.53 Å². The van der Waals surface area contributed by atoms with Crippen molar-refractivity contribution >= 4 is 23.1 Å². The van der Waals surface area contributed by atoms with Gasteiger partial charge in [0.1, 0.15) is 5.76 Å². The number of carboxylic acids is 1. The van der Waals surface area contributed by atoms with Crippen molar-refractivity contribution in [2.24, 2.45) is 0 Å². The van der Waals surface area contributed by atoms with Crippen LogP contribution in [0.2, 0.25) is 0 Å². The fourth-order valence-electron chi connectivity index (χ4n) is 2.00. The largest absolute Gasteiger partial charge is 0.496 e. The van der Waals surface area contributed by atoms with Crippen LogP contribution in [0.25, 0.3) is 5.57 Å². The molecule has 1 aromatic rings. The van der Waals surface area contributed by atoms with Crippen molar-refractivity contribution in [3.05, 3.63) is 53.3 Å². The predicted molar refractivity (Wildman–Crippen MR) is 70.4 cm³/mol. The zero-order chi connectivity index (χ0) is 14.0. The molecule has 0 saturated carbocycles. The van der Waals surface area contributed by atoms with Crippen molar-refractivity contribution in [1.82, 2.24) is 0 Å². The molecule has 1 unspecified atom stereocenters. The van der Waals surface area contributed by atoms with Crippen LogP contribution in [0.15, 0.2) is 47.7 Å².